The van der Waals surface area contributed by atoms with E-state index in [2.05, 4.69) is 6.58 Å². The third-order valence-electron chi connectivity index (χ3n) is 2.45. The number of methoxy groups -OCH3 is 1. The molecule has 0 aliphatic carbocycles. The average molecular weight is 305 g/mol. The first-order valence-corrected chi connectivity index (χ1v) is 7.40. The molecule has 106 valence electrons. The van der Waals surface area contributed by atoms with Gasteiger partial charge in [0.2, 0.25) is 10.0 Å². The summed E-state index contributed by atoms with van der Waals surface area (Å²) in [4.78, 5) is 0.0290. The van der Waals surface area contributed by atoms with Crippen molar-refractivity contribution in [1.29, 1.82) is 0 Å². The lowest BCUT2D eigenvalue weighted by molar-refractivity contribution is 0.182. The Balaban J connectivity index is 3.14. The van der Waals surface area contributed by atoms with Gasteiger partial charge in [-0.15, -0.1) is 6.58 Å². The summed E-state index contributed by atoms with van der Waals surface area (Å²) in [6, 6.07) is 4.31. The highest BCUT2D eigenvalue weighted by molar-refractivity contribution is 7.89. The van der Waals surface area contributed by atoms with E-state index < -0.39 is 10.0 Å². The van der Waals surface area contributed by atoms with E-state index in [1.54, 1.807) is 0 Å². The fourth-order valence-electron chi connectivity index (χ4n) is 1.51. The third kappa shape index (κ3) is 3.94. The number of nitrogens with zero attached hydrogens (tertiary/aromatic N) is 1. The van der Waals surface area contributed by atoms with Gasteiger partial charge < -0.3 is 10.5 Å². The van der Waals surface area contributed by atoms with Crippen molar-refractivity contribution in [1.82, 2.24) is 4.31 Å². The minimum atomic E-state index is -3.69. The summed E-state index contributed by atoms with van der Waals surface area (Å²) < 4.78 is 31.1. The van der Waals surface area contributed by atoms with Crippen molar-refractivity contribution in [3.63, 3.8) is 0 Å². The van der Waals surface area contributed by atoms with Crippen molar-refractivity contribution >= 4 is 27.3 Å². The number of halogens is 1. The molecule has 0 bridgehead atoms. The van der Waals surface area contributed by atoms with Gasteiger partial charge in [0.05, 0.1) is 11.6 Å². The van der Waals surface area contributed by atoms with E-state index in [0.717, 1.165) is 0 Å². The molecule has 0 fully saturated rings. The Bertz CT molecular complexity index is 546. The summed E-state index contributed by atoms with van der Waals surface area (Å²) in [7, 11) is -2.18. The average Bonchev–Trinajstić information content (AvgIpc) is 2.33. The molecule has 1 aromatic rings. The molecule has 0 unspecified atom stereocenters. The van der Waals surface area contributed by atoms with E-state index in [4.69, 9.17) is 22.1 Å². The van der Waals surface area contributed by atoms with Crippen LogP contribution < -0.4 is 5.73 Å². The fraction of sp³-hybridized carbons (Fsp3) is 0.333. The van der Waals surface area contributed by atoms with Gasteiger partial charge in [0, 0.05) is 25.9 Å². The molecule has 19 heavy (non-hydrogen) atoms. The van der Waals surface area contributed by atoms with Gasteiger partial charge in [-0.2, -0.15) is 4.31 Å². The highest BCUT2D eigenvalue weighted by Gasteiger charge is 2.25. The second-order valence-electron chi connectivity index (χ2n) is 3.83. The maximum Gasteiger partial charge on any atom is 0.244 e. The summed E-state index contributed by atoms with van der Waals surface area (Å²) in [5, 5.41) is 0.103. The van der Waals surface area contributed by atoms with Crippen LogP contribution in [0.5, 0.6) is 0 Å². The molecule has 0 aromatic heterocycles. The molecule has 7 heteroatoms. The van der Waals surface area contributed by atoms with Crippen LogP contribution in [0.3, 0.4) is 0 Å². The van der Waals surface area contributed by atoms with Crippen LogP contribution in [0.15, 0.2) is 35.7 Å². The predicted molar refractivity (Wildman–Crippen MR) is 76.7 cm³/mol. The molecule has 1 aromatic carbocycles. The van der Waals surface area contributed by atoms with Gasteiger partial charge in [0.1, 0.15) is 4.90 Å². The van der Waals surface area contributed by atoms with Crippen molar-refractivity contribution in [2.75, 3.05) is 32.5 Å². The lowest BCUT2D eigenvalue weighted by atomic mass is 10.3. The Kier molecular flexibility index (Phi) is 5.81. The second kappa shape index (κ2) is 6.91. The highest BCUT2D eigenvalue weighted by Crippen LogP contribution is 2.26. The molecule has 0 saturated carbocycles. The lowest BCUT2D eigenvalue weighted by Crippen LogP contribution is -2.34. The number of ether oxygens (including phenoxy) is 1. The van der Waals surface area contributed by atoms with E-state index in [9.17, 15) is 8.42 Å². The summed E-state index contributed by atoms with van der Waals surface area (Å²) in [5.74, 6) is 0. The van der Waals surface area contributed by atoms with Crippen LogP contribution in [0.2, 0.25) is 5.02 Å². The van der Waals surface area contributed by atoms with Gasteiger partial charge in [0.25, 0.3) is 0 Å². The van der Waals surface area contributed by atoms with Gasteiger partial charge >= 0.3 is 0 Å². The summed E-state index contributed by atoms with van der Waals surface area (Å²) in [5.41, 5.74) is 5.97. The minimum absolute atomic E-state index is 0.0290. The van der Waals surface area contributed by atoms with E-state index in [1.807, 2.05) is 0 Å². The zero-order valence-corrected chi connectivity index (χ0v) is 12.2. The van der Waals surface area contributed by atoms with Crippen molar-refractivity contribution in [2.24, 2.45) is 0 Å². The molecule has 0 aliphatic rings. The standard InChI is InChI=1S/C12H17ClN2O3S/c1-3-6-15(7-8-18-2)19(16,17)12-5-4-10(14)9-11(12)13/h3-5,9H,1,6-8,14H2,2H3. The van der Waals surface area contributed by atoms with Crippen molar-refractivity contribution < 1.29 is 13.2 Å². The molecular formula is C12H17ClN2O3S. The number of hydrogen-bond acceptors (Lipinski definition) is 4. The Morgan fingerprint density at radius 3 is 2.74 bits per heavy atom. The van der Waals surface area contributed by atoms with E-state index in [-0.39, 0.29) is 23.0 Å². The first kappa shape index (κ1) is 16.0. The molecule has 0 radical (unpaired) electrons. The van der Waals surface area contributed by atoms with Crippen LogP contribution in [0, 0.1) is 0 Å². The number of rotatable bonds is 7. The van der Waals surface area contributed by atoms with E-state index >= 15 is 0 Å². The zero-order valence-electron chi connectivity index (χ0n) is 10.7. The fourth-order valence-corrected chi connectivity index (χ4v) is 3.43. The molecule has 0 spiro atoms. The molecule has 5 nitrogen and oxygen atoms in total. The van der Waals surface area contributed by atoms with Crippen LogP contribution in [-0.4, -0.2) is 39.5 Å². The maximum absolute atomic E-state index is 12.5. The van der Waals surface area contributed by atoms with E-state index in [0.29, 0.717) is 12.3 Å². The summed E-state index contributed by atoms with van der Waals surface area (Å²) in [6.07, 6.45) is 1.51. The first-order chi connectivity index (χ1) is 8.93. The Hall–Kier alpha value is -1.08. The quantitative estimate of drug-likeness (QED) is 0.615. The molecule has 2 N–H and O–H groups in total. The van der Waals surface area contributed by atoms with Crippen LogP contribution >= 0.6 is 11.6 Å². The second-order valence-corrected chi connectivity index (χ2v) is 6.15. The Morgan fingerprint density at radius 2 is 2.21 bits per heavy atom. The van der Waals surface area contributed by atoms with Gasteiger partial charge in [-0.25, -0.2) is 8.42 Å². The maximum atomic E-state index is 12.5. The number of benzene rings is 1. The smallest absolute Gasteiger partial charge is 0.244 e. The normalized spacial score (nSPS) is 11.7. The number of sulfonamides is 1. The predicted octanol–water partition coefficient (Wildman–Crippen LogP) is 1.75. The topological polar surface area (TPSA) is 72.6 Å². The summed E-state index contributed by atoms with van der Waals surface area (Å²) in [6.45, 7) is 4.26. The highest BCUT2D eigenvalue weighted by atomic mass is 35.5. The molecule has 1 rings (SSSR count). The van der Waals surface area contributed by atoms with Crippen molar-refractivity contribution in [3.8, 4) is 0 Å². The van der Waals surface area contributed by atoms with Crippen molar-refractivity contribution in [2.45, 2.75) is 4.90 Å². The third-order valence-corrected chi connectivity index (χ3v) is 4.80. The first-order valence-electron chi connectivity index (χ1n) is 5.58. The number of hydrogen-bond donors (Lipinski definition) is 1. The van der Waals surface area contributed by atoms with Gasteiger partial charge in [-0.1, -0.05) is 17.7 Å². The molecular weight excluding hydrogens is 288 g/mol. The van der Waals surface area contributed by atoms with Gasteiger partial charge in [0.15, 0.2) is 0 Å². The van der Waals surface area contributed by atoms with Crippen molar-refractivity contribution in [3.05, 3.63) is 35.9 Å². The van der Waals surface area contributed by atoms with Crippen LogP contribution in [0.1, 0.15) is 0 Å². The molecule has 0 heterocycles. The minimum Gasteiger partial charge on any atom is -0.399 e. The van der Waals surface area contributed by atoms with Crippen LogP contribution in [0.4, 0.5) is 5.69 Å². The monoisotopic (exact) mass is 304 g/mol. The van der Waals surface area contributed by atoms with Gasteiger partial charge in [-0.05, 0) is 18.2 Å². The number of nitrogens with two attached hydrogens (primary N) is 1. The molecule has 0 atom stereocenters. The Morgan fingerprint density at radius 1 is 1.53 bits per heavy atom. The summed E-state index contributed by atoms with van der Waals surface area (Å²) >= 11 is 5.95. The van der Waals surface area contributed by atoms with Crippen LogP contribution in [-0.2, 0) is 14.8 Å². The SMILES string of the molecule is C=CCN(CCOC)S(=O)(=O)c1ccc(N)cc1Cl. The van der Waals surface area contributed by atoms with E-state index in [1.165, 1.54) is 35.7 Å². The lowest BCUT2D eigenvalue weighted by Gasteiger charge is -2.21. The van der Waals surface area contributed by atoms with Gasteiger partial charge in [-0.3, -0.25) is 0 Å². The number of anilines is 1. The zero-order chi connectivity index (χ0) is 14.5. The van der Waals surface area contributed by atoms with Crippen LogP contribution in [0.25, 0.3) is 0 Å². The molecule has 0 aliphatic heterocycles. The Labute approximate surface area is 118 Å². The molecule has 0 saturated heterocycles. The molecule has 0 amide bonds. The number of nitrogen functional groups attached to an aromatic ring is 1. The largest absolute Gasteiger partial charge is 0.399 e.